The minimum Gasteiger partial charge on any atom is -0.481 e. The van der Waals surface area contributed by atoms with Crippen molar-refractivity contribution < 1.29 is 9.53 Å². The van der Waals surface area contributed by atoms with E-state index in [2.05, 4.69) is 9.88 Å². The second kappa shape index (κ2) is 5.17. The van der Waals surface area contributed by atoms with Crippen LogP contribution in [0.5, 0.6) is 5.88 Å². The standard InChI is InChI=1S/C13H18N2O2/c1-10(16)11-6-3-4-9-15(11)12-7-5-8-13(14-12)17-2/h5,7-8,11H,3-4,6,9H2,1-2H3. The lowest BCUT2D eigenvalue weighted by atomic mass is 9.99. The van der Waals surface area contributed by atoms with Gasteiger partial charge in [-0.25, -0.2) is 0 Å². The number of carbonyl (C=O) groups is 1. The largest absolute Gasteiger partial charge is 0.481 e. The summed E-state index contributed by atoms with van der Waals surface area (Å²) in [6.45, 7) is 2.55. The lowest BCUT2D eigenvalue weighted by Crippen LogP contribution is -2.44. The minimum absolute atomic E-state index is 0.0247. The predicted octanol–water partition coefficient (Wildman–Crippen LogP) is 2.04. The van der Waals surface area contributed by atoms with Crippen molar-refractivity contribution in [3.8, 4) is 5.88 Å². The van der Waals surface area contributed by atoms with Crippen molar-refractivity contribution in [3.63, 3.8) is 0 Å². The van der Waals surface area contributed by atoms with Gasteiger partial charge in [-0.3, -0.25) is 4.79 Å². The quantitative estimate of drug-likeness (QED) is 0.802. The van der Waals surface area contributed by atoms with E-state index in [-0.39, 0.29) is 11.8 Å². The Balaban J connectivity index is 2.26. The molecule has 4 heteroatoms. The first-order valence-electron chi connectivity index (χ1n) is 6.00. The highest BCUT2D eigenvalue weighted by molar-refractivity contribution is 5.84. The zero-order chi connectivity index (χ0) is 12.3. The fraction of sp³-hybridized carbons (Fsp3) is 0.538. The van der Waals surface area contributed by atoms with Crippen LogP contribution in [-0.4, -0.2) is 30.5 Å². The van der Waals surface area contributed by atoms with E-state index in [1.54, 1.807) is 14.0 Å². The van der Waals surface area contributed by atoms with Crippen LogP contribution in [0.3, 0.4) is 0 Å². The third-order valence-electron chi connectivity index (χ3n) is 3.18. The zero-order valence-corrected chi connectivity index (χ0v) is 10.3. The molecule has 1 saturated heterocycles. The van der Waals surface area contributed by atoms with Gasteiger partial charge in [-0.15, -0.1) is 0 Å². The third-order valence-corrected chi connectivity index (χ3v) is 3.18. The van der Waals surface area contributed by atoms with Gasteiger partial charge in [0.2, 0.25) is 5.88 Å². The fourth-order valence-corrected chi connectivity index (χ4v) is 2.31. The lowest BCUT2D eigenvalue weighted by molar-refractivity contribution is -0.118. The van der Waals surface area contributed by atoms with Gasteiger partial charge in [0.25, 0.3) is 0 Å². The van der Waals surface area contributed by atoms with E-state index in [1.165, 1.54) is 0 Å². The van der Waals surface area contributed by atoms with E-state index >= 15 is 0 Å². The Bertz CT molecular complexity index is 406. The molecule has 0 aromatic carbocycles. The molecule has 1 aromatic heterocycles. The van der Waals surface area contributed by atoms with E-state index in [0.717, 1.165) is 31.6 Å². The summed E-state index contributed by atoms with van der Waals surface area (Å²) in [6, 6.07) is 5.64. The number of Topliss-reactive ketones (excluding diaryl/α,β-unsaturated/α-hetero) is 1. The highest BCUT2D eigenvalue weighted by atomic mass is 16.5. The maximum absolute atomic E-state index is 11.6. The van der Waals surface area contributed by atoms with Crippen molar-refractivity contribution in [1.82, 2.24) is 4.98 Å². The molecule has 1 unspecified atom stereocenters. The molecule has 0 bridgehead atoms. The van der Waals surface area contributed by atoms with Crippen molar-refractivity contribution in [1.29, 1.82) is 0 Å². The number of piperidine rings is 1. The van der Waals surface area contributed by atoms with Crippen molar-refractivity contribution in [3.05, 3.63) is 18.2 Å². The first kappa shape index (κ1) is 11.9. The van der Waals surface area contributed by atoms with Gasteiger partial charge in [0.05, 0.1) is 13.2 Å². The van der Waals surface area contributed by atoms with Gasteiger partial charge in [-0.05, 0) is 32.3 Å². The number of rotatable bonds is 3. The van der Waals surface area contributed by atoms with Crippen LogP contribution in [0.4, 0.5) is 5.82 Å². The Morgan fingerprint density at radius 1 is 1.47 bits per heavy atom. The average Bonchev–Trinajstić information content (AvgIpc) is 2.39. The number of ether oxygens (including phenoxy) is 1. The van der Waals surface area contributed by atoms with Crippen LogP contribution in [0.25, 0.3) is 0 Å². The van der Waals surface area contributed by atoms with Crippen LogP contribution in [-0.2, 0) is 4.79 Å². The van der Waals surface area contributed by atoms with Gasteiger partial charge in [0.1, 0.15) is 5.82 Å². The van der Waals surface area contributed by atoms with Gasteiger partial charge >= 0.3 is 0 Å². The third kappa shape index (κ3) is 2.57. The van der Waals surface area contributed by atoms with Gasteiger partial charge in [0, 0.05) is 12.6 Å². The summed E-state index contributed by atoms with van der Waals surface area (Å²) in [4.78, 5) is 18.1. The number of hydrogen-bond donors (Lipinski definition) is 0. The molecule has 1 aliphatic heterocycles. The maximum atomic E-state index is 11.6. The number of methoxy groups -OCH3 is 1. The van der Waals surface area contributed by atoms with Crippen molar-refractivity contribution in [2.45, 2.75) is 32.2 Å². The van der Waals surface area contributed by atoms with Crippen LogP contribution in [0.1, 0.15) is 26.2 Å². The van der Waals surface area contributed by atoms with Crippen molar-refractivity contribution >= 4 is 11.6 Å². The molecule has 1 fully saturated rings. The molecule has 2 heterocycles. The highest BCUT2D eigenvalue weighted by Crippen LogP contribution is 2.25. The highest BCUT2D eigenvalue weighted by Gasteiger charge is 2.27. The van der Waals surface area contributed by atoms with E-state index in [1.807, 2.05) is 18.2 Å². The number of aromatic nitrogens is 1. The SMILES string of the molecule is COc1cccc(N2CCCCC2C(C)=O)n1. The lowest BCUT2D eigenvalue weighted by Gasteiger charge is -2.35. The Morgan fingerprint density at radius 2 is 2.29 bits per heavy atom. The molecule has 1 aromatic rings. The first-order chi connectivity index (χ1) is 8.22. The summed E-state index contributed by atoms with van der Waals surface area (Å²) in [5.41, 5.74) is 0. The second-order valence-electron chi connectivity index (χ2n) is 4.35. The molecule has 2 rings (SSSR count). The molecule has 1 atom stereocenters. The van der Waals surface area contributed by atoms with Gasteiger partial charge in [-0.1, -0.05) is 6.07 Å². The predicted molar refractivity (Wildman–Crippen MR) is 66.5 cm³/mol. The van der Waals surface area contributed by atoms with Crippen LogP contribution < -0.4 is 9.64 Å². The number of anilines is 1. The van der Waals surface area contributed by atoms with Gasteiger partial charge in [0.15, 0.2) is 5.78 Å². The molecule has 4 nitrogen and oxygen atoms in total. The Kier molecular flexibility index (Phi) is 3.61. The molecule has 1 aliphatic rings. The molecular weight excluding hydrogens is 216 g/mol. The van der Waals surface area contributed by atoms with Crippen LogP contribution in [0, 0.1) is 0 Å². The Hall–Kier alpha value is -1.58. The smallest absolute Gasteiger partial charge is 0.214 e. The summed E-state index contributed by atoms with van der Waals surface area (Å²) in [5.74, 6) is 1.65. The number of carbonyl (C=O) groups excluding carboxylic acids is 1. The summed E-state index contributed by atoms with van der Waals surface area (Å²) in [6.07, 6.45) is 3.15. The summed E-state index contributed by atoms with van der Waals surface area (Å²) < 4.78 is 5.12. The molecule has 92 valence electrons. The minimum atomic E-state index is -0.0247. The summed E-state index contributed by atoms with van der Waals surface area (Å²) in [7, 11) is 1.60. The molecule has 17 heavy (non-hydrogen) atoms. The van der Waals surface area contributed by atoms with Crippen LogP contribution in [0.2, 0.25) is 0 Å². The number of hydrogen-bond acceptors (Lipinski definition) is 4. The number of pyridine rings is 1. The van der Waals surface area contributed by atoms with Gasteiger partial charge < -0.3 is 9.64 Å². The molecule has 0 N–H and O–H groups in total. The van der Waals surface area contributed by atoms with Gasteiger partial charge in [-0.2, -0.15) is 4.98 Å². The van der Waals surface area contributed by atoms with E-state index in [9.17, 15) is 4.79 Å². The zero-order valence-electron chi connectivity index (χ0n) is 10.3. The fourth-order valence-electron chi connectivity index (χ4n) is 2.31. The molecule has 0 amide bonds. The molecule has 0 spiro atoms. The summed E-state index contributed by atoms with van der Waals surface area (Å²) >= 11 is 0. The Labute approximate surface area is 102 Å². The molecule has 0 saturated carbocycles. The molecular formula is C13H18N2O2. The molecule has 0 aliphatic carbocycles. The van der Waals surface area contributed by atoms with Crippen LogP contribution in [0.15, 0.2) is 18.2 Å². The average molecular weight is 234 g/mol. The normalized spacial score (nSPS) is 20.1. The van der Waals surface area contributed by atoms with E-state index in [0.29, 0.717) is 5.88 Å². The van der Waals surface area contributed by atoms with Crippen molar-refractivity contribution in [2.75, 3.05) is 18.6 Å². The topological polar surface area (TPSA) is 42.4 Å². The van der Waals surface area contributed by atoms with E-state index in [4.69, 9.17) is 4.74 Å². The molecule has 0 radical (unpaired) electrons. The van der Waals surface area contributed by atoms with E-state index < -0.39 is 0 Å². The van der Waals surface area contributed by atoms with Crippen LogP contribution >= 0.6 is 0 Å². The Morgan fingerprint density at radius 3 is 3.00 bits per heavy atom. The maximum Gasteiger partial charge on any atom is 0.214 e. The number of ketones is 1. The van der Waals surface area contributed by atoms with Crippen molar-refractivity contribution in [2.24, 2.45) is 0 Å². The first-order valence-corrected chi connectivity index (χ1v) is 6.00. The second-order valence-corrected chi connectivity index (χ2v) is 4.35. The number of nitrogens with zero attached hydrogens (tertiary/aromatic N) is 2. The monoisotopic (exact) mass is 234 g/mol. The summed E-state index contributed by atoms with van der Waals surface area (Å²) in [5, 5.41) is 0.